The zero-order valence-corrected chi connectivity index (χ0v) is 17.1. The fraction of sp³-hybridized carbons (Fsp3) is 0.300. The Bertz CT molecular complexity index is 1070. The molecule has 6 heteroatoms. The third kappa shape index (κ3) is 3.26. The second-order valence-electron chi connectivity index (χ2n) is 6.41. The predicted octanol–water partition coefficient (Wildman–Crippen LogP) is 5.26. The minimum absolute atomic E-state index is 0.0150. The number of nitrogens with zero attached hydrogens (tertiary/aromatic N) is 1. The zero-order chi connectivity index (χ0) is 19.0. The summed E-state index contributed by atoms with van der Waals surface area (Å²) in [6.07, 6.45) is 0. The summed E-state index contributed by atoms with van der Waals surface area (Å²) in [4.78, 5) is 25.2. The maximum atomic E-state index is 13.0. The highest BCUT2D eigenvalue weighted by Crippen LogP contribution is 2.32. The van der Waals surface area contributed by atoms with E-state index in [0.717, 1.165) is 5.56 Å². The van der Waals surface area contributed by atoms with Gasteiger partial charge in [-0.3, -0.25) is 9.59 Å². The number of pyridine rings is 1. The Morgan fingerprint density at radius 3 is 2.58 bits per heavy atom. The van der Waals surface area contributed by atoms with Crippen molar-refractivity contribution in [2.45, 2.75) is 33.2 Å². The van der Waals surface area contributed by atoms with E-state index in [-0.39, 0.29) is 17.9 Å². The Labute approximate surface area is 164 Å². The van der Waals surface area contributed by atoms with Gasteiger partial charge in [0, 0.05) is 15.2 Å². The predicted molar refractivity (Wildman–Crippen MR) is 109 cm³/mol. The number of carbonyl (C=O) groups is 1. The topological polar surface area (TPSA) is 48.3 Å². The number of rotatable bonds is 4. The van der Waals surface area contributed by atoms with E-state index in [1.54, 1.807) is 23.6 Å². The molecule has 3 rings (SSSR count). The molecule has 0 bridgehead atoms. The second kappa shape index (κ2) is 7.41. The quantitative estimate of drug-likeness (QED) is 0.414. The molecule has 136 valence electrons. The normalized spacial score (nSPS) is 11.5. The van der Waals surface area contributed by atoms with Crippen molar-refractivity contribution in [2.24, 2.45) is 0 Å². The molecule has 2 aromatic carbocycles. The van der Waals surface area contributed by atoms with Crippen LogP contribution in [0.25, 0.3) is 21.8 Å². The van der Waals surface area contributed by atoms with Crippen LogP contribution in [0.1, 0.15) is 32.3 Å². The van der Waals surface area contributed by atoms with Gasteiger partial charge in [0.15, 0.2) is 5.43 Å². The lowest BCUT2D eigenvalue weighted by Gasteiger charge is -2.17. The Morgan fingerprint density at radius 1 is 1.23 bits per heavy atom. The number of benzene rings is 2. The van der Waals surface area contributed by atoms with Gasteiger partial charge in [0.2, 0.25) is 0 Å². The van der Waals surface area contributed by atoms with Crippen LogP contribution < -0.4 is 5.43 Å². The highest BCUT2D eigenvalue weighted by Gasteiger charge is 2.18. The van der Waals surface area contributed by atoms with Gasteiger partial charge in [-0.05, 0) is 58.6 Å². The second-order valence-corrected chi connectivity index (χ2v) is 7.64. The highest BCUT2D eigenvalue weighted by molar-refractivity contribution is 9.10. The molecule has 0 fully saturated rings. The van der Waals surface area contributed by atoms with E-state index >= 15 is 0 Å². The molecular weight excluding hydrogens is 418 g/mol. The number of aromatic nitrogens is 1. The van der Waals surface area contributed by atoms with E-state index in [9.17, 15) is 9.59 Å². The molecule has 0 saturated carbocycles. The number of hydrogen-bond acceptors (Lipinski definition) is 3. The molecule has 3 aromatic rings. The lowest BCUT2D eigenvalue weighted by atomic mass is 10.00. The first-order chi connectivity index (χ1) is 12.3. The number of ether oxygens (including phenoxy) is 1. The van der Waals surface area contributed by atoms with Crippen LogP contribution in [-0.4, -0.2) is 17.1 Å². The lowest BCUT2D eigenvalue weighted by Crippen LogP contribution is -2.18. The number of halogens is 2. The van der Waals surface area contributed by atoms with E-state index in [0.29, 0.717) is 43.8 Å². The van der Waals surface area contributed by atoms with Gasteiger partial charge in [0.25, 0.3) is 0 Å². The maximum absolute atomic E-state index is 13.0. The largest absolute Gasteiger partial charge is 0.465 e. The Morgan fingerprint density at radius 2 is 1.92 bits per heavy atom. The molecule has 0 aliphatic heterocycles. The van der Waals surface area contributed by atoms with Crippen molar-refractivity contribution in [1.82, 2.24) is 4.57 Å². The molecule has 0 atom stereocenters. The van der Waals surface area contributed by atoms with Crippen molar-refractivity contribution in [3.8, 4) is 0 Å². The van der Waals surface area contributed by atoms with Crippen molar-refractivity contribution in [3.05, 3.63) is 55.6 Å². The Kier molecular flexibility index (Phi) is 5.39. The number of esters is 1. The van der Waals surface area contributed by atoms with Crippen molar-refractivity contribution < 1.29 is 9.53 Å². The average molecular weight is 437 g/mol. The third-order valence-electron chi connectivity index (χ3n) is 4.40. The van der Waals surface area contributed by atoms with Gasteiger partial charge < -0.3 is 9.30 Å². The van der Waals surface area contributed by atoms with E-state index in [1.807, 2.05) is 18.2 Å². The first-order valence-electron chi connectivity index (χ1n) is 8.45. The minimum Gasteiger partial charge on any atom is -0.465 e. The molecule has 0 spiro atoms. The van der Waals surface area contributed by atoms with Crippen LogP contribution in [0.15, 0.2) is 39.6 Å². The van der Waals surface area contributed by atoms with Gasteiger partial charge in [-0.1, -0.05) is 31.5 Å². The van der Waals surface area contributed by atoms with Crippen molar-refractivity contribution >= 4 is 55.3 Å². The summed E-state index contributed by atoms with van der Waals surface area (Å²) in [5.74, 6) is -0.0797. The SMILES string of the molecule is CCOC(=O)Cn1c2cc(C(C)C)ccc2c(=O)c2ccc(Br)c(Cl)c21. The van der Waals surface area contributed by atoms with E-state index in [4.69, 9.17) is 16.3 Å². The van der Waals surface area contributed by atoms with Crippen LogP contribution in [0.5, 0.6) is 0 Å². The number of carbonyl (C=O) groups excluding carboxylic acids is 1. The molecule has 0 amide bonds. The standard InChI is InChI=1S/C20H19BrClNO3/c1-4-26-17(24)10-23-16-9-12(11(2)3)5-6-13(16)20(25)14-7-8-15(21)18(22)19(14)23/h5-9,11H,4,10H2,1-3H3. The van der Waals surface area contributed by atoms with Crippen molar-refractivity contribution in [3.63, 3.8) is 0 Å². The summed E-state index contributed by atoms with van der Waals surface area (Å²) in [6, 6.07) is 9.21. The van der Waals surface area contributed by atoms with Gasteiger partial charge in [-0.15, -0.1) is 0 Å². The minimum atomic E-state index is -0.371. The van der Waals surface area contributed by atoms with Crippen molar-refractivity contribution in [2.75, 3.05) is 6.61 Å². The number of fused-ring (bicyclic) bond motifs is 2. The molecule has 26 heavy (non-hydrogen) atoms. The molecule has 1 heterocycles. The molecular formula is C20H19BrClNO3. The zero-order valence-electron chi connectivity index (χ0n) is 14.8. The van der Waals surface area contributed by atoms with Gasteiger partial charge >= 0.3 is 5.97 Å². The first-order valence-corrected chi connectivity index (χ1v) is 9.62. The molecule has 0 unspecified atom stereocenters. The van der Waals surface area contributed by atoms with Gasteiger partial charge in [-0.25, -0.2) is 0 Å². The van der Waals surface area contributed by atoms with Crippen LogP contribution in [0.4, 0.5) is 0 Å². The summed E-state index contributed by atoms with van der Waals surface area (Å²) in [6.45, 7) is 6.21. The first kappa shape index (κ1) is 18.9. The van der Waals surface area contributed by atoms with Gasteiger partial charge in [0.05, 0.1) is 22.7 Å². The summed E-state index contributed by atoms with van der Waals surface area (Å²) >= 11 is 9.92. The molecule has 0 radical (unpaired) electrons. The lowest BCUT2D eigenvalue weighted by molar-refractivity contribution is -0.143. The van der Waals surface area contributed by atoms with Gasteiger partial charge in [0.1, 0.15) is 6.54 Å². The molecule has 4 nitrogen and oxygen atoms in total. The summed E-state index contributed by atoms with van der Waals surface area (Å²) < 4.78 is 7.58. The Hall–Kier alpha value is -1.85. The summed E-state index contributed by atoms with van der Waals surface area (Å²) in [5.41, 5.74) is 2.20. The third-order valence-corrected chi connectivity index (χ3v) is 5.67. The fourth-order valence-corrected chi connectivity index (χ4v) is 3.66. The fourth-order valence-electron chi connectivity index (χ4n) is 3.08. The summed E-state index contributed by atoms with van der Waals surface area (Å²) in [5, 5.41) is 1.44. The average Bonchev–Trinajstić information content (AvgIpc) is 2.61. The number of hydrogen-bond donors (Lipinski definition) is 0. The monoisotopic (exact) mass is 435 g/mol. The van der Waals surface area contributed by atoms with Crippen LogP contribution >= 0.6 is 27.5 Å². The molecule has 0 saturated heterocycles. The smallest absolute Gasteiger partial charge is 0.325 e. The van der Waals surface area contributed by atoms with E-state index in [2.05, 4.69) is 29.8 Å². The van der Waals surface area contributed by atoms with E-state index < -0.39 is 0 Å². The van der Waals surface area contributed by atoms with Crippen LogP contribution in [0, 0.1) is 0 Å². The van der Waals surface area contributed by atoms with Crippen LogP contribution in [0.3, 0.4) is 0 Å². The Balaban J connectivity index is 2.46. The van der Waals surface area contributed by atoms with Crippen LogP contribution in [-0.2, 0) is 16.1 Å². The molecule has 0 aliphatic rings. The molecule has 1 aromatic heterocycles. The highest BCUT2D eigenvalue weighted by atomic mass is 79.9. The molecule has 0 N–H and O–H groups in total. The molecule has 0 aliphatic carbocycles. The van der Waals surface area contributed by atoms with E-state index in [1.165, 1.54) is 0 Å². The van der Waals surface area contributed by atoms with Crippen molar-refractivity contribution in [1.29, 1.82) is 0 Å². The maximum Gasteiger partial charge on any atom is 0.325 e. The van der Waals surface area contributed by atoms with Gasteiger partial charge in [-0.2, -0.15) is 0 Å². The summed E-state index contributed by atoms with van der Waals surface area (Å²) in [7, 11) is 0. The van der Waals surface area contributed by atoms with Crippen LogP contribution in [0.2, 0.25) is 5.02 Å².